The van der Waals surface area contributed by atoms with Crippen LogP contribution in [-0.4, -0.2) is 29.3 Å². The lowest BCUT2D eigenvalue weighted by molar-refractivity contribution is 0.0687. The molecule has 0 radical (unpaired) electrons. The maximum Gasteiger partial charge on any atom is 0.353 e. The minimum absolute atomic E-state index is 0.0660. The van der Waals surface area contributed by atoms with Crippen molar-refractivity contribution in [1.82, 2.24) is 4.57 Å². The Kier molecular flexibility index (Phi) is 6.42. The Morgan fingerprint density at radius 3 is 2.25 bits per heavy atom. The highest BCUT2D eigenvalue weighted by atomic mass is 32.2. The summed E-state index contributed by atoms with van der Waals surface area (Å²) in [4.78, 5) is 11.9. The van der Waals surface area contributed by atoms with E-state index in [-0.39, 0.29) is 5.69 Å². The van der Waals surface area contributed by atoms with Crippen LogP contribution in [0.3, 0.4) is 0 Å². The van der Waals surface area contributed by atoms with Crippen LogP contribution < -0.4 is 4.72 Å². The lowest BCUT2D eigenvalue weighted by atomic mass is 9.96. The van der Waals surface area contributed by atoms with Crippen LogP contribution in [-0.2, 0) is 23.5 Å². The van der Waals surface area contributed by atoms with E-state index in [4.69, 9.17) is 0 Å². The van der Waals surface area contributed by atoms with E-state index in [1.54, 1.807) is 61.9 Å². The minimum Gasteiger partial charge on any atom is -0.477 e. The quantitative estimate of drug-likeness (QED) is 0.543. The first-order chi connectivity index (χ1) is 15.1. The summed E-state index contributed by atoms with van der Waals surface area (Å²) in [6, 6.07) is 16.3. The third kappa shape index (κ3) is 4.12. The second kappa shape index (κ2) is 8.89. The van der Waals surface area contributed by atoms with Gasteiger partial charge >= 0.3 is 5.97 Å². The zero-order chi connectivity index (χ0) is 23.6. The molecule has 0 amide bonds. The molecule has 8 heteroatoms. The predicted molar refractivity (Wildman–Crippen MR) is 125 cm³/mol. The second-order valence-corrected chi connectivity index (χ2v) is 9.93. The van der Waals surface area contributed by atoms with Crippen LogP contribution in [0.1, 0.15) is 42.5 Å². The van der Waals surface area contributed by atoms with Crippen molar-refractivity contribution in [2.75, 3.05) is 4.72 Å². The number of nitriles is 1. The van der Waals surface area contributed by atoms with Crippen LogP contribution in [0.15, 0.2) is 48.5 Å². The van der Waals surface area contributed by atoms with Gasteiger partial charge in [-0.1, -0.05) is 49.4 Å². The number of carboxylic acids is 1. The Bertz CT molecular complexity index is 1310. The molecule has 0 spiro atoms. The Labute approximate surface area is 188 Å². The highest BCUT2D eigenvalue weighted by molar-refractivity contribution is 7.93. The Hall–Kier alpha value is -3.57. The maximum atomic E-state index is 12.4. The van der Waals surface area contributed by atoms with Gasteiger partial charge in [-0.2, -0.15) is 5.26 Å². The van der Waals surface area contributed by atoms with Gasteiger partial charge in [-0.15, -0.1) is 0 Å². The molecule has 166 valence electrons. The number of carbonyl (C=O) groups is 1. The molecule has 0 bridgehead atoms. The molecule has 0 unspecified atom stereocenters. The van der Waals surface area contributed by atoms with Crippen molar-refractivity contribution >= 4 is 21.7 Å². The fourth-order valence-electron chi connectivity index (χ4n) is 3.71. The molecule has 0 atom stereocenters. The third-order valence-electron chi connectivity index (χ3n) is 5.45. The standard InChI is InChI=1S/C24H25N3O4S/c1-5-21-19(14-25)22(23(24(28)29)27(21)4)17-12-10-16(11-13-17)18-8-6-7-9-20(18)26-32(30,31)15(2)3/h6-13,15,26H,5H2,1-4H3,(H,28,29). The molecule has 1 heterocycles. The van der Waals surface area contributed by atoms with E-state index in [9.17, 15) is 23.6 Å². The Balaban J connectivity index is 2.11. The van der Waals surface area contributed by atoms with E-state index in [1.807, 2.05) is 19.1 Å². The number of hydrogen-bond acceptors (Lipinski definition) is 4. The largest absolute Gasteiger partial charge is 0.477 e. The molecule has 3 rings (SSSR count). The van der Waals surface area contributed by atoms with Crippen molar-refractivity contribution in [2.24, 2.45) is 7.05 Å². The van der Waals surface area contributed by atoms with Gasteiger partial charge in [0.05, 0.1) is 16.5 Å². The lowest BCUT2D eigenvalue weighted by Gasteiger charge is -2.15. The molecule has 0 aliphatic rings. The van der Waals surface area contributed by atoms with Gasteiger partial charge in [0.1, 0.15) is 11.8 Å². The molecule has 0 aliphatic heterocycles. The number of nitrogens with one attached hydrogen (secondary N) is 1. The Morgan fingerprint density at radius 2 is 1.72 bits per heavy atom. The van der Waals surface area contributed by atoms with Crippen LogP contribution in [0.5, 0.6) is 0 Å². The van der Waals surface area contributed by atoms with Crippen molar-refractivity contribution in [3.63, 3.8) is 0 Å². The number of hydrogen-bond donors (Lipinski definition) is 2. The van der Waals surface area contributed by atoms with Crippen LogP contribution >= 0.6 is 0 Å². The normalized spacial score (nSPS) is 11.4. The SMILES string of the molecule is CCc1c(C#N)c(-c2ccc(-c3ccccc3NS(=O)(=O)C(C)C)cc2)c(C(=O)O)n1C. The zero-order valence-corrected chi connectivity index (χ0v) is 19.2. The molecule has 7 nitrogen and oxygen atoms in total. The smallest absolute Gasteiger partial charge is 0.353 e. The number of nitrogens with zero attached hydrogens (tertiary/aromatic N) is 2. The fraction of sp³-hybridized carbons (Fsp3) is 0.250. The van der Waals surface area contributed by atoms with Crippen LogP contribution in [0, 0.1) is 11.3 Å². The van der Waals surface area contributed by atoms with Gasteiger partial charge in [-0.25, -0.2) is 13.2 Å². The van der Waals surface area contributed by atoms with Crippen molar-refractivity contribution in [2.45, 2.75) is 32.4 Å². The summed E-state index contributed by atoms with van der Waals surface area (Å²) in [5, 5.41) is 18.9. The van der Waals surface area contributed by atoms with Gasteiger partial charge in [0.15, 0.2) is 0 Å². The first-order valence-electron chi connectivity index (χ1n) is 10.2. The summed E-state index contributed by atoms with van der Waals surface area (Å²) in [5.74, 6) is -1.10. The van der Waals surface area contributed by atoms with E-state index in [2.05, 4.69) is 10.8 Å². The van der Waals surface area contributed by atoms with E-state index in [1.165, 1.54) is 0 Å². The number of aromatic carboxylic acids is 1. The zero-order valence-electron chi connectivity index (χ0n) is 18.4. The number of sulfonamides is 1. The molecular formula is C24H25N3O4S. The molecule has 0 aliphatic carbocycles. The second-order valence-electron chi connectivity index (χ2n) is 7.69. The van der Waals surface area contributed by atoms with Crippen molar-refractivity contribution in [3.05, 3.63) is 65.5 Å². The molecule has 0 saturated carbocycles. The van der Waals surface area contributed by atoms with Crippen LogP contribution in [0.2, 0.25) is 0 Å². The van der Waals surface area contributed by atoms with E-state index >= 15 is 0 Å². The monoisotopic (exact) mass is 451 g/mol. The molecule has 3 aromatic rings. The molecule has 2 N–H and O–H groups in total. The first-order valence-corrected chi connectivity index (χ1v) is 11.7. The van der Waals surface area contributed by atoms with Gasteiger partial charge in [0, 0.05) is 23.9 Å². The van der Waals surface area contributed by atoms with Gasteiger partial charge in [-0.05, 0) is 37.5 Å². The highest BCUT2D eigenvalue weighted by Gasteiger charge is 2.25. The van der Waals surface area contributed by atoms with E-state index in [0.29, 0.717) is 40.1 Å². The number of benzene rings is 2. The molecular weight excluding hydrogens is 426 g/mol. The molecule has 0 fully saturated rings. The third-order valence-corrected chi connectivity index (χ3v) is 7.20. The van der Waals surface area contributed by atoms with E-state index < -0.39 is 21.2 Å². The summed E-state index contributed by atoms with van der Waals surface area (Å²) >= 11 is 0. The molecule has 1 aromatic heterocycles. The predicted octanol–water partition coefficient (Wildman–Crippen LogP) is 4.64. The number of para-hydroxylation sites is 1. The van der Waals surface area contributed by atoms with Crippen molar-refractivity contribution < 1.29 is 18.3 Å². The first kappa shape index (κ1) is 23.1. The van der Waals surface area contributed by atoms with Gasteiger partial charge in [0.25, 0.3) is 0 Å². The minimum atomic E-state index is -3.52. The lowest BCUT2D eigenvalue weighted by Crippen LogP contribution is -2.22. The van der Waals surface area contributed by atoms with Crippen molar-refractivity contribution in [3.8, 4) is 28.3 Å². The summed E-state index contributed by atoms with van der Waals surface area (Å²) in [5.41, 5.74) is 4.00. The summed E-state index contributed by atoms with van der Waals surface area (Å²) < 4.78 is 28.9. The van der Waals surface area contributed by atoms with Gasteiger partial charge in [-0.3, -0.25) is 4.72 Å². The number of aromatic nitrogens is 1. The summed E-state index contributed by atoms with van der Waals surface area (Å²) in [6.45, 7) is 5.10. The average Bonchev–Trinajstić information content (AvgIpc) is 3.05. The van der Waals surface area contributed by atoms with E-state index in [0.717, 1.165) is 5.56 Å². The van der Waals surface area contributed by atoms with Crippen LogP contribution in [0.4, 0.5) is 5.69 Å². The van der Waals surface area contributed by atoms with Gasteiger partial charge in [0.2, 0.25) is 10.0 Å². The maximum absolute atomic E-state index is 12.4. The topological polar surface area (TPSA) is 112 Å². The molecule has 32 heavy (non-hydrogen) atoms. The molecule has 0 saturated heterocycles. The fourth-order valence-corrected chi connectivity index (χ4v) is 4.43. The van der Waals surface area contributed by atoms with Gasteiger partial charge < -0.3 is 9.67 Å². The van der Waals surface area contributed by atoms with Crippen molar-refractivity contribution in [1.29, 1.82) is 5.26 Å². The number of anilines is 1. The summed E-state index contributed by atoms with van der Waals surface area (Å²) in [6.07, 6.45) is 0.529. The number of carboxylic acid groups (broad SMARTS) is 1. The molecule has 2 aromatic carbocycles. The Morgan fingerprint density at radius 1 is 1.12 bits per heavy atom. The number of rotatable bonds is 7. The summed E-state index contributed by atoms with van der Waals surface area (Å²) in [7, 11) is -1.87. The van der Waals surface area contributed by atoms with Crippen LogP contribution in [0.25, 0.3) is 22.3 Å². The highest BCUT2D eigenvalue weighted by Crippen LogP contribution is 2.35. The average molecular weight is 452 g/mol.